The van der Waals surface area contributed by atoms with Crippen LogP contribution < -0.4 is 33.7 Å². The number of hydrogen-bond donors (Lipinski definition) is 1. The Hall–Kier alpha value is -2.30. The van der Waals surface area contributed by atoms with E-state index in [1.807, 2.05) is 12.4 Å². The maximum absolute atomic E-state index is 6.07. The highest BCUT2D eigenvalue weighted by molar-refractivity contribution is 7.28. The van der Waals surface area contributed by atoms with Crippen LogP contribution in [0.15, 0.2) is 5.38 Å². The van der Waals surface area contributed by atoms with Crippen LogP contribution in [0.25, 0.3) is 19.5 Å². The molecule has 0 atom stereocenters. The van der Waals surface area contributed by atoms with Crippen LogP contribution in [0.4, 0.5) is 5.00 Å². The lowest BCUT2D eigenvalue weighted by atomic mass is 10.2. The van der Waals surface area contributed by atoms with Gasteiger partial charge in [-0.15, -0.1) is 34.0 Å². The fourth-order valence-electron chi connectivity index (χ4n) is 3.53. The van der Waals surface area contributed by atoms with Crippen LogP contribution >= 0.6 is 34.0 Å². The van der Waals surface area contributed by atoms with Gasteiger partial charge in [-0.2, -0.15) is 0 Å². The first-order valence-corrected chi connectivity index (χ1v) is 11.8. The summed E-state index contributed by atoms with van der Waals surface area (Å²) in [6, 6.07) is 0. The minimum atomic E-state index is 0.516. The van der Waals surface area contributed by atoms with Crippen molar-refractivity contribution in [2.75, 3.05) is 52.0 Å². The quantitative estimate of drug-likeness (QED) is 0.626. The molecule has 0 aliphatic carbocycles. The van der Waals surface area contributed by atoms with E-state index in [1.165, 1.54) is 0 Å². The predicted octanol–water partition coefficient (Wildman–Crippen LogP) is 4.56. The van der Waals surface area contributed by atoms with Crippen LogP contribution in [0.5, 0.6) is 34.5 Å². The fraction of sp³-hybridized carbons (Fsp3) is 0.368. The monoisotopic (exact) mass is 451 g/mol. The molecule has 0 saturated heterocycles. The molecular weight excluding hydrogens is 434 g/mol. The number of thiophene rings is 3. The van der Waals surface area contributed by atoms with E-state index in [2.05, 4.69) is 5.32 Å². The Morgan fingerprint density at radius 2 is 1.14 bits per heavy atom. The van der Waals surface area contributed by atoms with Crippen LogP contribution in [-0.4, -0.2) is 46.7 Å². The van der Waals surface area contributed by atoms with E-state index >= 15 is 0 Å². The van der Waals surface area contributed by atoms with E-state index in [4.69, 9.17) is 28.4 Å². The van der Waals surface area contributed by atoms with Crippen molar-refractivity contribution in [2.24, 2.45) is 0 Å². The first kappa shape index (κ1) is 17.5. The minimum Gasteiger partial charge on any atom is -0.485 e. The third kappa shape index (κ3) is 2.66. The van der Waals surface area contributed by atoms with Gasteiger partial charge in [-0.05, 0) is 0 Å². The summed E-state index contributed by atoms with van der Waals surface area (Å²) in [4.78, 5) is 3.98. The highest BCUT2D eigenvalue weighted by Gasteiger charge is 2.34. The molecule has 0 bridgehead atoms. The van der Waals surface area contributed by atoms with Crippen molar-refractivity contribution in [3.63, 3.8) is 0 Å². The standard InChI is InChI=1S/C19H17NO6S3/c1-20-19-14-13(25-6-7-26-14)18(29-19)17-12-11(23-4-5-24-12)16(28-17)15-10-9(8-27-15)21-2-3-22-10/h8,20H,2-7H2,1H3. The topological polar surface area (TPSA) is 67.4 Å². The molecule has 152 valence electrons. The zero-order valence-electron chi connectivity index (χ0n) is 15.5. The van der Waals surface area contributed by atoms with Gasteiger partial charge in [0, 0.05) is 12.4 Å². The Morgan fingerprint density at radius 1 is 0.621 bits per heavy atom. The molecule has 0 spiro atoms. The van der Waals surface area contributed by atoms with Gasteiger partial charge in [0.2, 0.25) is 0 Å². The van der Waals surface area contributed by atoms with Gasteiger partial charge in [-0.3, -0.25) is 0 Å². The Bertz CT molecular complexity index is 1080. The number of rotatable bonds is 3. The molecule has 0 fully saturated rings. The van der Waals surface area contributed by atoms with Gasteiger partial charge in [-0.1, -0.05) is 0 Å². The molecule has 0 amide bonds. The Morgan fingerprint density at radius 3 is 1.83 bits per heavy atom. The molecule has 1 N–H and O–H groups in total. The maximum atomic E-state index is 6.07. The zero-order valence-corrected chi connectivity index (χ0v) is 17.9. The second-order valence-electron chi connectivity index (χ2n) is 6.44. The summed E-state index contributed by atoms with van der Waals surface area (Å²) in [5, 5.41) is 6.15. The molecule has 3 aromatic heterocycles. The van der Waals surface area contributed by atoms with Gasteiger partial charge < -0.3 is 33.7 Å². The normalized spacial score (nSPS) is 16.6. The van der Waals surface area contributed by atoms with Gasteiger partial charge in [-0.25, -0.2) is 0 Å². The second kappa shape index (κ2) is 6.89. The summed E-state index contributed by atoms with van der Waals surface area (Å²) in [5.74, 6) is 4.64. The van der Waals surface area contributed by atoms with Crippen molar-refractivity contribution in [3.05, 3.63) is 5.38 Å². The van der Waals surface area contributed by atoms with E-state index < -0.39 is 0 Å². The molecular formula is C19H17NO6S3. The number of nitrogens with one attached hydrogen (secondary N) is 1. The molecule has 29 heavy (non-hydrogen) atoms. The minimum absolute atomic E-state index is 0.516. The van der Waals surface area contributed by atoms with Crippen LogP contribution in [0.3, 0.4) is 0 Å². The smallest absolute Gasteiger partial charge is 0.196 e. The zero-order chi connectivity index (χ0) is 19.4. The molecule has 3 aliphatic rings. The highest BCUT2D eigenvalue weighted by atomic mass is 32.1. The van der Waals surface area contributed by atoms with Gasteiger partial charge in [0.15, 0.2) is 34.5 Å². The molecule has 0 aromatic carbocycles. The van der Waals surface area contributed by atoms with Crippen molar-refractivity contribution < 1.29 is 28.4 Å². The van der Waals surface area contributed by atoms with E-state index in [0.29, 0.717) is 39.6 Å². The van der Waals surface area contributed by atoms with Crippen molar-refractivity contribution in [2.45, 2.75) is 0 Å². The van der Waals surface area contributed by atoms with E-state index in [0.717, 1.165) is 59.0 Å². The molecule has 7 nitrogen and oxygen atoms in total. The van der Waals surface area contributed by atoms with Crippen LogP contribution in [-0.2, 0) is 0 Å². The molecule has 3 aromatic rings. The molecule has 6 heterocycles. The molecule has 3 aliphatic heterocycles. The van der Waals surface area contributed by atoms with Gasteiger partial charge in [0.25, 0.3) is 0 Å². The first-order valence-electron chi connectivity index (χ1n) is 9.25. The average Bonchev–Trinajstić information content (AvgIpc) is 3.46. The van der Waals surface area contributed by atoms with Crippen LogP contribution in [0.1, 0.15) is 0 Å². The summed E-state index contributed by atoms with van der Waals surface area (Å²) < 4.78 is 35.6. The van der Waals surface area contributed by atoms with E-state index in [-0.39, 0.29) is 0 Å². The summed E-state index contributed by atoms with van der Waals surface area (Å²) in [6.45, 7) is 3.23. The molecule has 10 heteroatoms. The molecule has 0 unspecified atom stereocenters. The number of hydrogen-bond acceptors (Lipinski definition) is 10. The third-order valence-corrected chi connectivity index (χ3v) is 8.33. The van der Waals surface area contributed by atoms with Gasteiger partial charge >= 0.3 is 0 Å². The van der Waals surface area contributed by atoms with Crippen molar-refractivity contribution in [1.82, 2.24) is 0 Å². The molecule has 6 rings (SSSR count). The average molecular weight is 452 g/mol. The van der Waals surface area contributed by atoms with E-state index in [9.17, 15) is 0 Å². The largest absolute Gasteiger partial charge is 0.485 e. The summed E-state index contributed by atoms with van der Waals surface area (Å²) in [5.41, 5.74) is 0. The molecule has 0 saturated carbocycles. The Labute approximate surface area is 178 Å². The predicted molar refractivity (Wildman–Crippen MR) is 113 cm³/mol. The second-order valence-corrected chi connectivity index (χ2v) is 9.36. The summed E-state index contributed by atoms with van der Waals surface area (Å²) >= 11 is 4.83. The third-order valence-electron chi connectivity index (χ3n) is 4.74. The Kier molecular flexibility index (Phi) is 4.17. The SMILES string of the molecule is CNc1sc(-c2sc(-c3scc4c3OCCO4)c3c2OCCO3)c2c1OCCO2. The lowest BCUT2D eigenvalue weighted by Crippen LogP contribution is -2.16. The lowest BCUT2D eigenvalue weighted by molar-refractivity contribution is 0.171. The van der Waals surface area contributed by atoms with Crippen LogP contribution in [0.2, 0.25) is 0 Å². The summed E-state index contributed by atoms with van der Waals surface area (Å²) in [6.07, 6.45) is 0. The van der Waals surface area contributed by atoms with E-state index in [1.54, 1.807) is 34.0 Å². The lowest BCUT2D eigenvalue weighted by Gasteiger charge is -2.19. The van der Waals surface area contributed by atoms with Crippen molar-refractivity contribution in [1.29, 1.82) is 0 Å². The number of fused-ring (bicyclic) bond motifs is 3. The van der Waals surface area contributed by atoms with Crippen molar-refractivity contribution >= 4 is 39.0 Å². The van der Waals surface area contributed by atoms with Crippen molar-refractivity contribution in [3.8, 4) is 54.0 Å². The maximum Gasteiger partial charge on any atom is 0.196 e. The van der Waals surface area contributed by atoms with Gasteiger partial charge in [0.05, 0.1) is 19.5 Å². The number of anilines is 1. The van der Waals surface area contributed by atoms with Crippen LogP contribution in [0, 0.1) is 0 Å². The highest BCUT2D eigenvalue weighted by Crippen LogP contribution is 2.62. The van der Waals surface area contributed by atoms with Gasteiger partial charge in [0.1, 0.15) is 44.6 Å². The first-order chi connectivity index (χ1) is 14.3. The number of ether oxygens (including phenoxy) is 6. The Balaban J connectivity index is 1.54. The molecule has 0 radical (unpaired) electrons. The fourth-order valence-corrected chi connectivity index (χ4v) is 6.96. The summed E-state index contributed by atoms with van der Waals surface area (Å²) in [7, 11) is 1.89.